The molecule has 0 bridgehead atoms. The molecular weight excluding hydrogens is 522 g/mol. The Morgan fingerprint density at radius 1 is 0.738 bits per heavy atom. The molecular formula is C37H73NO4. The number of hydrogen-bond donors (Lipinski definition) is 2. The normalized spacial score (nSPS) is 17.2. The summed E-state index contributed by atoms with van der Waals surface area (Å²) in [5.74, 6) is -0.236. The smallest absolute Gasteiger partial charge is 0.302 e. The first kappa shape index (κ1) is 40.9. The fraction of sp³-hybridized carbons (Fsp3) is 0.946. The van der Waals surface area contributed by atoms with Gasteiger partial charge in [-0.25, -0.2) is 0 Å². The van der Waals surface area contributed by atoms with Crippen molar-refractivity contribution in [3.05, 3.63) is 0 Å². The molecule has 5 nitrogen and oxygen atoms in total. The number of nitrogens with one attached hydrogen (secondary N) is 1. The molecule has 0 rings (SSSR count). The third-order valence-corrected chi connectivity index (χ3v) is 13.4. The van der Waals surface area contributed by atoms with Crippen molar-refractivity contribution in [2.45, 2.75) is 193 Å². The van der Waals surface area contributed by atoms with Crippen LogP contribution in [0.25, 0.3) is 0 Å². The minimum absolute atomic E-state index is 0.0164. The molecule has 250 valence electrons. The van der Waals surface area contributed by atoms with Crippen LogP contribution in [-0.4, -0.2) is 35.7 Å². The molecule has 0 saturated heterocycles. The first-order chi connectivity index (χ1) is 19.3. The van der Waals surface area contributed by atoms with Gasteiger partial charge in [0.05, 0.1) is 6.10 Å². The van der Waals surface area contributed by atoms with Crippen LogP contribution in [0, 0.1) is 32.5 Å². The van der Waals surface area contributed by atoms with E-state index < -0.39 is 6.10 Å². The Labute approximate surface area is 262 Å². The van der Waals surface area contributed by atoms with Gasteiger partial charge in [0.1, 0.15) is 6.10 Å². The van der Waals surface area contributed by atoms with Crippen molar-refractivity contribution in [3.8, 4) is 0 Å². The molecule has 42 heavy (non-hydrogen) atoms. The molecule has 4 unspecified atom stereocenters. The molecule has 0 saturated carbocycles. The standard InChI is InChI=1S/C37H73NO4/c1-16-32(10,11)26-31(42-28(9)40)33(12,13)36(20-5,21-6)25-30(41)37(22-7,23-8)35(15,19-4)24-29(38-27-39)34(14,17-2)18-3/h27,29-31,41H,16-26H2,1-15H3,(H,38,39). The summed E-state index contributed by atoms with van der Waals surface area (Å²) in [6.07, 6.45) is 9.74. The molecule has 0 aliphatic heterocycles. The average molecular weight is 596 g/mol. The zero-order chi connectivity index (χ0) is 33.2. The Morgan fingerprint density at radius 2 is 1.24 bits per heavy atom. The number of aliphatic hydroxyl groups excluding tert-OH is 1. The molecule has 0 heterocycles. The number of hydrogen-bond acceptors (Lipinski definition) is 4. The van der Waals surface area contributed by atoms with Crippen molar-refractivity contribution >= 4 is 12.4 Å². The maximum Gasteiger partial charge on any atom is 0.302 e. The number of carbonyl (C=O) groups excluding carboxylic acids is 2. The highest BCUT2D eigenvalue weighted by Gasteiger charge is 2.56. The molecule has 0 fully saturated rings. The number of amides is 1. The summed E-state index contributed by atoms with van der Waals surface area (Å²) in [5.41, 5.74) is -1.10. The molecule has 0 radical (unpaired) electrons. The van der Waals surface area contributed by atoms with Gasteiger partial charge in [0.15, 0.2) is 0 Å². The summed E-state index contributed by atoms with van der Waals surface area (Å²) in [6, 6.07) is 0.0304. The van der Waals surface area contributed by atoms with Crippen LogP contribution in [0.5, 0.6) is 0 Å². The quantitative estimate of drug-likeness (QED) is 0.0964. The van der Waals surface area contributed by atoms with E-state index in [4.69, 9.17) is 4.74 Å². The number of aliphatic hydroxyl groups is 1. The summed E-state index contributed by atoms with van der Waals surface area (Å²) in [6.45, 7) is 33.0. The average Bonchev–Trinajstić information content (AvgIpc) is 2.95. The first-order valence-corrected chi connectivity index (χ1v) is 17.4. The Bertz CT molecular complexity index is 807. The van der Waals surface area contributed by atoms with Crippen LogP contribution in [0.4, 0.5) is 0 Å². The van der Waals surface area contributed by atoms with Gasteiger partial charge in [0, 0.05) is 23.8 Å². The van der Waals surface area contributed by atoms with E-state index in [2.05, 4.69) is 102 Å². The van der Waals surface area contributed by atoms with Gasteiger partial charge in [-0.15, -0.1) is 0 Å². The molecule has 0 spiro atoms. The lowest BCUT2D eigenvalue weighted by atomic mass is 9.49. The number of ether oxygens (including phenoxy) is 1. The molecule has 4 atom stereocenters. The third kappa shape index (κ3) is 8.54. The summed E-state index contributed by atoms with van der Waals surface area (Å²) >= 11 is 0. The molecule has 0 aromatic heterocycles. The Morgan fingerprint density at radius 3 is 1.57 bits per heavy atom. The van der Waals surface area contributed by atoms with Crippen LogP contribution >= 0.6 is 0 Å². The van der Waals surface area contributed by atoms with Gasteiger partial charge in [-0.1, -0.05) is 110 Å². The van der Waals surface area contributed by atoms with Crippen molar-refractivity contribution < 1.29 is 19.4 Å². The maximum atomic E-state index is 12.6. The third-order valence-electron chi connectivity index (χ3n) is 13.4. The molecule has 2 N–H and O–H groups in total. The highest BCUT2D eigenvalue weighted by atomic mass is 16.5. The SMILES string of the molecule is CCC(C)(C)CC(OC(C)=O)C(C)(C)C(CC)(CC)CC(O)C(CC)(CC)C(C)(CC)CC(NC=O)C(C)(CC)CC. The molecule has 0 aliphatic rings. The van der Waals surface area contributed by atoms with Gasteiger partial charge in [0.25, 0.3) is 0 Å². The van der Waals surface area contributed by atoms with Crippen molar-refractivity contribution in [2.75, 3.05) is 0 Å². The van der Waals surface area contributed by atoms with Crippen molar-refractivity contribution in [1.82, 2.24) is 5.32 Å². The minimum atomic E-state index is -0.542. The summed E-state index contributed by atoms with van der Waals surface area (Å²) in [7, 11) is 0. The Kier molecular flexibility index (Phi) is 15.9. The summed E-state index contributed by atoms with van der Waals surface area (Å²) < 4.78 is 6.15. The van der Waals surface area contributed by atoms with E-state index in [1.54, 1.807) is 0 Å². The van der Waals surface area contributed by atoms with Crippen LogP contribution in [0.2, 0.25) is 0 Å². The lowest BCUT2D eigenvalue weighted by molar-refractivity contribution is -0.173. The largest absolute Gasteiger partial charge is 0.462 e. The zero-order valence-corrected chi connectivity index (χ0v) is 30.8. The molecule has 0 aromatic rings. The second-order valence-electron chi connectivity index (χ2n) is 15.4. The monoisotopic (exact) mass is 596 g/mol. The topological polar surface area (TPSA) is 75.6 Å². The van der Waals surface area contributed by atoms with Gasteiger partial charge < -0.3 is 15.2 Å². The van der Waals surface area contributed by atoms with Gasteiger partial charge in [-0.3, -0.25) is 9.59 Å². The second-order valence-corrected chi connectivity index (χ2v) is 15.4. The van der Waals surface area contributed by atoms with Crippen LogP contribution in [0.15, 0.2) is 0 Å². The molecule has 0 aliphatic carbocycles. The predicted octanol–water partition coefficient (Wildman–Crippen LogP) is 9.88. The fourth-order valence-electron chi connectivity index (χ4n) is 8.37. The van der Waals surface area contributed by atoms with E-state index in [1.807, 2.05) is 0 Å². The zero-order valence-electron chi connectivity index (χ0n) is 30.8. The highest BCUT2D eigenvalue weighted by Crippen LogP contribution is 2.59. The van der Waals surface area contributed by atoms with Crippen molar-refractivity contribution in [1.29, 1.82) is 0 Å². The van der Waals surface area contributed by atoms with Gasteiger partial charge in [0.2, 0.25) is 6.41 Å². The molecule has 5 heteroatoms. The van der Waals surface area contributed by atoms with E-state index in [0.29, 0.717) is 6.42 Å². The van der Waals surface area contributed by atoms with Gasteiger partial charge in [-0.05, 0) is 79.4 Å². The Hall–Kier alpha value is -1.10. The minimum Gasteiger partial charge on any atom is -0.462 e. The molecule has 0 aromatic carbocycles. The van der Waals surface area contributed by atoms with Crippen LogP contribution < -0.4 is 5.32 Å². The summed E-state index contributed by atoms with van der Waals surface area (Å²) in [5, 5.41) is 15.8. The predicted molar refractivity (Wildman–Crippen MR) is 179 cm³/mol. The van der Waals surface area contributed by atoms with Crippen molar-refractivity contribution in [3.63, 3.8) is 0 Å². The molecule has 1 amide bonds. The van der Waals surface area contributed by atoms with Crippen LogP contribution in [0.3, 0.4) is 0 Å². The number of carbonyl (C=O) groups is 2. The van der Waals surface area contributed by atoms with E-state index in [1.165, 1.54) is 6.92 Å². The summed E-state index contributed by atoms with van der Waals surface area (Å²) in [4.78, 5) is 24.2. The van der Waals surface area contributed by atoms with E-state index >= 15 is 0 Å². The van der Waals surface area contributed by atoms with E-state index in [0.717, 1.165) is 70.6 Å². The first-order valence-electron chi connectivity index (χ1n) is 17.4. The van der Waals surface area contributed by atoms with Gasteiger partial charge in [-0.2, -0.15) is 0 Å². The number of rotatable bonds is 22. The van der Waals surface area contributed by atoms with E-state index in [-0.39, 0.29) is 50.6 Å². The number of esters is 1. The van der Waals surface area contributed by atoms with Crippen LogP contribution in [0.1, 0.15) is 174 Å². The fourth-order valence-corrected chi connectivity index (χ4v) is 8.37. The second kappa shape index (κ2) is 16.3. The van der Waals surface area contributed by atoms with E-state index in [9.17, 15) is 14.7 Å². The Balaban J connectivity index is 6.98. The maximum absolute atomic E-state index is 12.6. The lowest BCUT2D eigenvalue weighted by Crippen LogP contribution is -2.56. The van der Waals surface area contributed by atoms with Gasteiger partial charge >= 0.3 is 5.97 Å². The highest BCUT2D eigenvalue weighted by molar-refractivity contribution is 5.66. The lowest BCUT2D eigenvalue weighted by Gasteiger charge is -2.57. The van der Waals surface area contributed by atoms with Crippen LogP contribution in [-0.2, 0) is 14.3 Å². The van der Waals surface area contributed by atoms with Crippen molar-refractivity contribution in [2.24, 2.45) is 32.5 Å².